The molecule has 0 aromatic carbocycles. The van der Waals surface area contributed by atoms with Gasteiger partial charge in [0.25, 0.3) is 0 Å². The molecule has 2 saturated heterocycles. The number of aromatic nitrogens is 6. The van der Waals surface area contributed by atoms with Gasteiger partial charge < -0.3 is 14.7 Å². The topological polar surface area (TPSA) is 78.6 Å². The predicted molar refractivity (Wildman–Crippen MR) is 113 cm³/mol. The average molecular weight is 393 g/mol. The standard InChI is InChI=1S/C20H27N9/c1-15-22-17(26-7-4-3-5-8-26)14-18(23-15)27-10-12-28(13-11-27)19-20-25-24-16(2)29(20)9-6-21-19/h6,9,14H,3-5,7-8,10-13H2,1-2H3. The summed E-state index contributed by atoms with van der Waals surface area (Å²) in [5.74, 6) is 4.72. The van der Waals surface area contributed by atoms with Gasteiger partial charge in [0, 0.05) is 57.7 Å². The van der Waals surface area contributed by atoms with Gasteiger partial charge in [0.05, 0.1) is 0 Å². The van der Waals surface area contributed by atoms with Crippen molar-refractivity contribution in [2.24, 2.45) is 0 Å². The normalized spacial score (nSPS) is 17.9. The van der Waals surface area contributed by atoms with Crippen molar-refractivity contribution >= 4 is 23.1 Å². The molecule has 0 bridgehead atoms. The molecule has 9 nitrogen and oxygen atoms in total. The minimum absolute atomic E-state index is 0.823. The number of piperazine rings is 1. The van der Waals surface area contributed by atoms with E-state index in [1.807, 2.05) is 30.6 Å². The molecule has 5 heterocycles. The van der Waals surface area contributed by atoms with Crippen LogP contribution in [0.4, 0.5) is 17.5 Å². The third kappa shape index (κ3) is 3.45. The van der Waals surface area contributed by atoms with Gasteiger partial charge in [-0.2, -0.15) is 0 Å². The second kappa shape index (κ2) is 7.46. The van der Waals surface area contributed by atoms with Gasteiger partial charge in [-0.3, -0.25) is 4.40 Å². The van der Waals surface area contributed by atoms with Crippen LogP contribution in [0.5, 0.6) is 0 Å². The fourth-order valence-electron chi connectivity index (χ4n) is 4.28. The van der Waals surface area contributed by atoms with Gasteiger partial charge in [0.15, 0.2) is 5.82 Å². The summed E-state index contributed by atoms with van der Waals surface area (Å²) in [6.07, 6.45) is 7.55. The molecule has 5 rings (SSSR count). The van der Waals surface area contributed by atoms with Gasteiger partial charge in [-0.05, 0) is 33.1 Å². The molecule has 2 fully saturated rings. The number of anilines is 3. The van der Waals surface area contributed by atoms with Crippen LogP contribution in [0.3, 0.4) is 0 Å². The summed E-state index contributed by atoms with van der Waals surface area (Å²) in [4.78, 5) is 21.1. The molecule has 3 aromatic rings. The molecular weight excluding hydrogens is 366 g/mol. The first-order valence-electron chi connectivity index (χ1n) is 10.5. The number of nitrogens with zero attached hydrogens (tertiary/aromatic N) is 9. The van der Waals surface area contributed by atoms with E-state index in [-0.39, 0.29) is 0 Å². The fraction of sp³-hybridized carbons (Fsp3) is 0.550. The highest BCUT2D eigenvalue weighted by atomic mass is 15.3. The zero-order valence-electron chi connectivity index (χ0n) is 17.1. The molecule has 2 aliphatic rings. The highest BCUT2D eigenvalue weighted by molar-refractivity contribution is 5.64. The third-order valence-electron chi connectivity index (χ3n) is 5.87. The average Bonchev–Trinajstić information content (AvgIpc) is 3.15. The number of hydrogen-bond donors (Lipinski definition) is 0. The smallest absolute Gasteiger partial charge is 0.203 e. The summed E-state index contributed by atoms with van der Waals surface area (Å²) < 4.78 is 1.99. The Labute approximate surface area is 170 Å². The van der Waals surface area contributed by atoms with Crippen molar-refractivity contribution in [1.29, 1.82) is 0 Å². The molecule has 0 N–H and O–H groups in total. The van der Waals surface area contributed by atoms with E-state index in [2.05, 4.69) is 35.9 Å². The van der Waals surface area contributed by atoms with Crippen LogP contribution in [0.15, 0.2) is 18.5 Å². The quantitative estimate of drug-likeness (QED) is 0.667. The Kier molecular flexibility index (Phi) is 4.65. The Morgan fingerprint density at radius 3 is 2.14 bits per heavy atom. The first kappa shape index (κ1) is 18.1. The molecule has 29 heavy (non-hydrogen) atoms. The Bertz CT molecular complexity index is 1000. The lowest BCUT2D eigenvalue weighted by Crippen LogP contribution is -2.47. The number of rotatable bonds is 3. The van der Waals surface area contributed by atoms with Gasteiger partial charge in [-0.25, -0.2) is 15.0 Å². The molecule has 0 unspecified atom stereocenters. The largest absolute Gasteiger partial charge is 0.356 e. The van der Waals surface area contributed by atoms with Crippen molar-refractivity contribution in [3.63, 3.8) is 0 Å². The molecule has 152 valence electrons. The zero-order chi connectivity index (χ0) is 19.8. The Hall–Kier alpha value is -2.97. The lowest BCUT2D eigenvalue weighted by molar-refractivity contribution is 0.572. The number of aryl methyl sites for hydroxylation is 2. The van der Waals surface area contributed by atoms with Gasteiger partial charge in [0.2, 0.25) is 5.65 Å². The summed E-state index contributed by atoms with van der Waals surface area (Å²) in [6, 6.07) is 2.16. The fourth-order valence-corrected chi connectivity index (χ4v) is 4.28. The van der Waals surface area contributed by atoms with Crippen molar-refractivity contribution in [1.82, 2.24) is 29.5 Å². The van der Waals surface area contributed by atoms with E-state index in [4.69, 9.17) is 9.97 Å². The number of hydrogen-bond acceptors (Lipinski definition) is 8. The van der Waals surface area contributed by atoms with Crippen LogP contribution in [-0.2, 0) is 0 Å². The highest BCUT2D eigenvalue weighted by Gasteiger charge is 2.23. The lowest BCUT2D eigenvalue weighted by Gasteiger charge is -2.36. The Morgan fingerprint density at radius 2 is 1.41 bits per heavy atom. The van der Waals surface area contributed by atoms with E-state index < -0.39 is 0 Å². The SMILES string of the molecule is Cc1nc(N2CCCCC2)cc(N2CCN(c3nccn4c(C)nnc34)CC2)n1. The van der Waals surface area contributed by atoms with E-state index in [1.54, 1.807) is 0 Å². The minimum Gasteiger partial charge on any atom is -0.356 e. The van der Waals surface area contributed by atoms with Gasteiger partial charge in [-0.1, -0.05) is 0 Å². The van der Waals surface area contributed by atoms with Crippen molar-refractivity contribution in [2.45, 2.75) is 33.1 Å². The van der Waals surface area contributed by atoms with Crippen LogP contribution in [-0.4, -0.2) is 68.8 Å². The van der Waals surface area contributed by atoms with Crippen LogP contribution in [0.1, 0.15) is 30.9 Å². The second-order valence-electron chi connectivity index (χ2n) is 7.85. The van der Waals surface area contributed by atoms with E-state index in [0.717, 1.165) is 74.0 Å². The van der Waals surface area contributed by atoms with Gasteiger partial charge in [0.1, 0.15) is 23.3 Å². The van der Waals surface area contributed by atoms with Crippen molar-refractivity contribution in [3.05, 3.63) is 30.1 Å². The molecule has 3 aromatic heterocycles. The molecule has 0 amide bonds. The second-order valence-corrected chi connectivity index (χ2v) is 7.85. The van der Waals surface area contributed by atoms with E-state index in [0.29, 0.717) is 0 Å². The summed E-state index contributed by atoms with van der Waals surface area (Å²) in [6.45, 7) is 9.68. The first-order valence-corrected chi connectivity index (χ1v) is 10.5. The molecule has 0 aliphatic carbocycles. The third-order valence-corrected chi connectivity index (χ3v) is 5.87. The molecule has 9 heteroatoms. The van der Waals surface area contributed by atoms with E-state index in [1.165, 1.54) is 19.3 Å². The Morgan fingerprint density at radius 1 is 0.759 bits per heavy atom. The maximum Gasteiger partial charge on any atom is 0.203 e. The van der Waals surface area contributed by atoms with Crippen LogP contribution >= 0.6 is 0 Å². The molecule has 0 spiro atoms. The molecule has 2 aliphatic heterocycles. The van der Waals surface area contributed by atoms with Crippen molar-refractivity contribution in [2.75, 3.05) is 54.0 Å². The summed E-state index contributed by atoms with van der Waals surface area (Å²) in [7, 11) is 0. The summed E-state index contributed by atoms with van der Waals surface area (Å²) in [5, 5.41) is 8.51. The maximum absolute atomic E-state index is 4.73. The maximum atomic E-state index is 4.73. The predicted octanol–water partition coefficient (Wildman–Crippen LogP) is 1.85. The van der Waals surface area contributed by atoms with Crippen molar-refractivity contribution in [3.8, 4) is 0 Å². The minimum atomic E-state index is 0.823. The van der Waals surface area contributed by atoms with Crippen LogP contribution < -0.4 is 14.7 Å². The molecule has 0 saturated carbocycles. The highest BCUT2D eigenvalue weighted by Crippen LogP contribution is 2.25. The molecule has 0 atom stereocenters. The summed E-state index contributed by atoms with van der Waals surface area (Å²) >= 11 is 0. The van der Waals surface area contributed by atoms with E-state index >= 15 is 0 Å². The van der Waals surface area contributed by atoms with Crippen LogP contribution in [0, 0.1) is 13.8 Å². The first-order chi connectivity index (χ1) is 14.2. The number of fused-ring (bicyclic) bond motifs is 1. The monoisotopic (exact) mass is 393 g/mol. The van der Waals surface area contributed by atoms with Crippen LogP contribution in [0.2, 0.25) is 0 Å². The zero-order valence-corrected chi connectivity index (χ0v) is 17.1. The van der Waals surface area contributed by atoms with Gasteiger partial charge >= 0.3 is 0 Å². The van der Waals surface area contributed by atoms with E-state index in [9.17, 15) is 0 Å². The molecular formula is C20H27N9. The van der Waals surface area contributed by atoms with Crippen molar-refractivity contribution < 1.29 is 0 Å². The summed E-state index contributed by atoms with van der Waals surface area (Å²) in [5.41, 5.74) is 0.823. The lowest BCUT2D eigenvalue weighted by atomic mass is 10.1. The van der Waals surface area contributed by atoms with Gasteiger partial charge in [-0.15, -0.1) is 10.2 Å². The molecule has 0 radical (unpaired) electrons. The number of piperidine rings is 1. The Balaban J connectivity index is 1.33. The van der Waals surface area contributed by atoms with Crippen LogP contribution in [0.25, 0.3) is 5.65 Å².